The third kappa shape index (κ3) is 3.50. The molecule has 0 saturated carbocycles. The molecule has 0 radical (unpaired) electrons. The SMILES string of the molecule is Cc1cccc(N2CC(C(=O)NCCc3cn4ccccc4n3)CC2=O)c1C. The van der Waals surface area contributed by atoms with Gasteiger partial charge in [-0.3, -0.25) is 9.59 Å². The molecule has 144 valence electrons. The van der Waals surface area contributed by atoms with Gasteiger partial charge in [-0.25, -0.2) is 4.98 Å². The highest BCUT2D eigenvalue weighted by Crippen LogP contribution is 2.29. The third-order valence-corrected chi connectivity index (χ3v) is 5.46. The lowest BCUT2D eigenvalue weighted by Crippen LogP contribution is -2.34. The molecule has 1 unspecified atom stereocenters. The predicted octanol–water partition coefficient (Wildman–Crippen LogP) is 2.66. The Hall–Kier alpha value is -3.15. The standard InChI is InChI=1S/C22H24N4O2/c1-15-6-5-7-19(16(15)2)26-13-17(12-21(26)27)22(28)23-10-9-18-14-25-11-4-3-8-20(25)24-18/h3-8,11,14,17H,9-10,12-13H2,1-2H3,(H,23,28). The van der Waals surface area contributed by atoms with Crippen LogP contribution in [-0.2, 0) is 16.0 Å². The van der Waals surface area contributed by atoms with E-state index in [1.54, 1.807) is 4.90 Å². The fourth-order valence-electron chi connectivity index (χ4n) is 3.71. The number of nitrogens with one attached hydrogen (secondary N) is 1. The van der Waals surface area contributed by atoms with E-state index in [4.69, 9.17) is 0 Å². The number of imidazole rings is 1. The van der Waals surface area contributed by atoms with Gasteiger partial charge in [0.15, 0.2) is 0 Å². The highest BCUT2D eigenvalue weighted by atomic mass is 16.2. The lowest BCUT2D eigenvalue weighted by atomic mass is 10.1. The topological polar surface area (TPSA) is 66.7 Å². The van der Waals surface area contributed by atoms with Gasteiger partial charge in [-0.1, -0.05) is 18.2 Å². The number of carbonyl (C=O) groups excluding carboxylic acids is 2. The summed E-state index contributed by atoms with van der Waals surface area (Å²) in [4.78, 5) is 31.3. The van der Waals surface area contributed by atoms with Gasteiger partial charge >= 0.3 is 0 Å². The van der Waals surface area contributed by atoms with Gasteiger partial charge in [-0.2, -0.15) is 0 Å². The minimum absolute atomic E-state index is 0.00852. The van der Waals surface area contributed by atoms with Crippen LogP contribution in [0.25, 0.3) is 5.65 Å². The third-order valence-electron chi connectivity index (χ3n) is 5.46. The van der Waals surface area contributed by atoms with Gasteiger partial charge in [0, 0.05) is 44.0 Å². The second-order valence-corrected chi connectivity index (χ2v) is 7.36. The van der Waals surface area contributed by atoms with E-state index in [2.05, 4.69) is 10.3 Å². The molecule has 6 nitrogen and oxygen atoms in total. The molecule has 6 heteroatoms. The van der Waals surface area contributed by atoms with Gasteiger partial charge in [-0.05, 0) is 43.2 Å². The second-order valence-electron chi connectivity index (χ2n) is 7.36. The summed E-state index contributed by atoms with van der Waals surface area (Å²) in [7, 11) is 0. The monoisotopic (exact) mass is 376 g/mol. The van der Waals surface area contributed by atoms with Crippen LogP contribution in [0.5, 0.6) is 0 Å². The van der Waals surface area contributed by atoms with Gasteiger partial charge in [0.1, 0.15) is 5.65 Å². The quantitative estimate of drug-likeness (QED) is 0.744. The molecule has 0 spiro atoms. The molecule has 28 heavy (non-hydrogen) atoms. The van der Waals surface area contributed by atoms with E-state index in [1.165, 1.54) is 0 Å². The Morgan fingerprint density at radius 2 is 2.07 bits per heavy atom. The molecule has 4 rings (SSSR count). The summed E-state index contributed by atoms with van der Waals surface area (Å²) in [6, 6.07) is 11.8. The Balaban J connectivity index is 1.35. The Morgan fingerprint density at radius 1 is 1.21 bits per heavy atom. The minimum atomic E-state index is -0.312. The maximum Gasteiger partial charge on any atom is 0.227 e. The Labute approximate surface area is 164 Å². The molecule has 1 aliphatic heterocycles. The molecular weight excluding hydrogens is 352 g/mol. The summed E-state index contributed by atoms with van der Waals surface area (Å²) in [6.45, 7) is 4.99. The second kappa shape index (κ2) is 7.46. The van der Waals surface area contributed by atoms with Crippen molar-refractivity contribution in [3.63, 3.8) is 0 Å². The maximum absolute atomic E-state index is 12.6. The molecule has 3 heterocycles. The van der Waals surface area contributed by atoms with Crippen LogP contribution in [0.4, 0.5) is 5.69 Å². The number of carbonyl (C=O) groups is 2. The van der Waals surface area contributed by atoms with Crippen molar-refractivity contribution in [1.82, 2.24) is 14.7 Å². The van der Waals surface area contributed by atoms with E-state index in [0.717, 1.165) is 28.2 Å². The van der Waals surface area contributed by atoms with E-state index >= 15 is 0 Å². The van der Waals surface area contributed by atoms with Crippen LogP contribution in [0.2, 0.25) is 0 Å². The van der Waals surface area contributed by atoms with E-state index < -0.39 is 0 Å². The van der Waals surface area contributed by atoms with Gasteiger partial charge in [0.05, 0.1) is 11.6 Å². The Kier molecular flexibility index (Phi) is 4.86. The molecule has 3 aromatic rings. The first-order valence-electron chi connectivity index (χ1n) is 9.60. The zero-order chi connectivity index (χ0) is 19.7. The van der Waals surface area contributed by atoms with Gasteiger partial charge in [0.2, 0.25) is 11.8 Å². The van der Waals surface area contributed by atoms with Crippen LogP contribution >= 0.6 is 0 Å². The fourth-order valence-corrected chi connectivity index (χ4v) is 3.71. The molecule has 1 fully saturated rings. The number of anilines is 1. The number of aromatic nitrogens is 2. The lowest BCUT2D eigenvalue weighted by molar-refractivity contribution is -0.126. The summed E-state index contributed by atoms with van der Waals surface area (Å²) in [6.07, 6.45) is 4.85. The van der Waals surface area contributed by atoms with E-state index in [1.807, 2.05) is 67.0 Å². The summed E-state index contributed by atoms with van der Waals surface area (Å²) in [5.74, 6) is -0.368. The molecule has 1 atom stereocenters. The van der Waals surface area contributed by atoms with Crippen molar-refractivity contribution < 1.29 is 9.59 Å². The van der Waals surface area contributed by atoms with Gasteiger partial charge < -0.3 is 14.6 Å². The number of amides is 2. The number of benzene rings is 1. The normalized spacial score (nSPS) is 16.7. The number of fused-ring (bicyclic) bond motifs is 1. The summed E-state index contributed by atoms with van der Waals surface area (Å²) in [5.41, 5.74) is 4.97. The highest BCUT2D eigenvalue weighted by molar-refractivity contribution is 6.00. The number of rotatable bonds is 5. The predicted molar refractivity (Wildman–Crippen MR) is 108 cm³/mol. The number of hydrogen-bond acceptors (Lipinski definition) is 3. The summed E-state index contributed by atoms with van der Waals surface area (Å²) >= 11 is 0. The number of aryl methyl sites for hydroxylation is 1. The van der Waals surface area contributed by atoms with E-state index in [-0.39, 0.29) is 24.2 Å². The molecule has 0 aliphatic carbocycles. The minimum Gasteiger partial charge on any atom is -0.355 e. The number of hydrogen-bond donors (Lipinski definition) is 1. The fraction of sp³-hybridized carbons (Fsp3) is 0.318. The first-order valence-corrected chi connectivity index (χ1v) is 9.60. The first kappa shape index (κ1) is 18.2. The van der Waals surface area contributed by atoms with Crippen molar-refractivity contribution in [2.75, 3.05) is 18.0 Å². The Morgan fingerprint density at radius 3 is 2.89 bits per heavy atom. The molecule has 1 aliphatic rings. The van der Waals surface area contributed by atoms with Crippen LogP contribution in [0.1, 0.15) is 23.2 Å². The average molecular weight is 376 g/mol. The van der Waals surface area contributed by atoms with Crippen molar-refractivity contribution in [3.8, 4) is 0 Å². The smallest absolute Gasteiger partial charge is 0.227 e. The van der Waals surface area contributed by atoms with E-state index in [0.29, 0.717) is 19.5 Å². The molecule has 2 aromatic heterocycles. The lowest BCUT2D eigenvalue weighted by Gasteiger charge is -2.20. The van der Waals surface area contributed by atoms with Gasteiger partial charge in [-0.15, -0.1) is 0 Å². The molecule has 0 bridgehead atoms. The molecule has 1 aromatic carbocycles. The van der Waals surface area contributed by atoms with Crippen LogP contribution in [0, 0.1) is 19.8 Å². The van der Waals surface area contributed by atoms with E-state index in [9.17, 15) is 9.59 Å². The zero-order valence-electron chi connectivity index (χ0n) is 16.2. The first-order chi connectivity index (χ1) is 13.5. The maximum atomic E-state index is 12.6. The molecule has 2 amide bonds. The molecular formula is C22H24N4O2. The highest BCUT2D eigenvalue weighted by Gasteiger charge is 2.35. The van der Waals surface area contributed by atoms with Crippen molar-refractivity contribution in [2.24, 2.45) is 5.92 Å². The zero-order valence-corrected chi connectivity index (χ0v) is 16.2. The van der Waals surface area contributed by atoms with Crippen LogP contribution in [0.15, 0.2) is 48.8 Å². The summed E-state index contributed by atoms with van der Waals surface area (Å²) < 4.78 is 1.97. The number of pyridine rings is 1. The van der Waals surface area contributed by atoms with Crippen molar-refractivity contribution >= 4 is 23.1 Å². The van der Waals surface area contributed by atoms with Crippen molar-refractivity contribution in [2.45, 2.75) is 26.7 Å². The number of nitrogens with zero attached hydrogens (tertiary/aromatic N) is 3. The molecule has 1 N–H and O–H groups in total. The largest absolute Gasteiger partial charge is 0.355 e. The van der Waals surface area contributed by atoms with Crippen molar-refractivity contribution in [1.29, 1.82) is 0 Å². The summed E-state index contributed by atoms with van der Waals surface area (Å²) in [5, 5.41) is 2.97. The molecule has 1 saturated heterocycles. The van der Waals surface area contributed by atoms with Crippen LogP contribution < -0.4 is 10.2 Å². The average Bonchev–Trinajstić information content (AvgIpc) is 3.27. The Bertz CT molecular complexity index is 1010. The van der Waals surface area contributed by atoms with Crippen LogP contribution in [-0.4, -0.2) is 34.3 Å². The van der Waals surface area contributed by atoms with Crippen molar-refractivity contribution in [3.05, 3.63) is 65.6 Å². The van der Waals surface area contributed by atoms with Crippen LogP contribution in [0.3, 0.4) is 0 Å². The van der Waals surface area contributed by atoms with Gasteiger partial charge in [0.25, 0.3) is 0 Å².